The van der Waals surface area contributed by atoms with Crippen molar-refractivity contribution < 1.29 is 5.11 Å². The number of nitrogens with zero attached hydrogens (tertiary/aromatic N) is 1. The summed E-state index contributed by atoms with van der Waals surface area (Å²) in [6.45, 7) is 4.27. The molecule has 0 spiro atoms. The van der Waals surface area contributed by atoms with Gasteiger partial charge in [0, 0.05) is 17.4 Å². The third-order valence-corrected chi connectivity index (χ3v) is 4.47. The van der Waals surface area contributed by atoms with E-state index < -0.39 is 0 Å². The van der Waals surface area contributed by atoms with Crippen LogP contribution in [-0.2, 0) is 6.42 Å². The number of hydrogen-bond acceptors (Lipinski definition) is 3. The molecular formula is C16H21NOS. The van der Waals surface area contributed by atoms with Gasteiger partial charge in [-0.1, -0.05) is 57.0 Å². The van der Waals surface area contributed by atoms with Gasteiger partial charge in [-0.3, -0.25) is 0 Å². The highest BCUT2D eigenvalue weighted by Gasteiger charge is 2.17. The Morgan fingerprint density at radius 1 is 1.16 bits per heavy atom. The third-order valence-electron chi connectivity index (χ3n) is 3.60. The van der Waals surface area contributed by atoms with Crippen molar-refractivity contribution in [2.75, 3.05) is 0 Å². The van der Waals surface area contributed by atoms with Crippen LogP contribution in [0.3, 0.4) is 0 Å². The van der Waals surface area contributed by atoms with E-state index in [2.05, 4.69) is 36.3 Å². The van der Waals surface area contributed by atoms with Crippen molar-refractivity contribution in [3.63, 3.8) is 0 Å². The van der Waals surface area contributed by atoms with Crippen LogP contribution in [0, 0.1) is 5.92 Å². The second kappa shape index (κ2) is 6.83. The molecule has 1 unspecified atom stereocenters. The lowest BCUT2D eigenvalue weighted by molar-refractivity contribution is 0.103. The van der Waals surface area contributed by atoms with E-state index in [-0.39, 0.29) is 6.10 Å². The van der Waals surface area contributed by atoms with Crippen molar-refractivity contribution >= 4 is 11.3 Å². The van der Waals surface area contributed by atoms with Gasteiger partial charge in [-0.05, 0) is 5.92 Å². The monoisotopic (exact) mass is 275 g/mol. The molecule has 1 heterocycles. The summed E-state index contributed by atoms with van der Waals surface area (Å²) in [6, 6.07) is 10.2. The van der Waals surface area contributed by atoms with E-state index in [1.54, 1.807) is 11.3 Å². The van der Waals surface area contributed by atoms with Crippen LogP contribution in [0.4, 0.5) is 0 Å². The van der Waals surface area contributed by atoms with Crippen molar-refractivity contribution in [3.8, 4) is 11.3 Å². The van der Waals surface area contributed by atoms with Gasteiger partial charge in [-0.15, -0.1) is 11.3 Å². The first kappa shape index (κ1) is 14.2. The van der Waals surface area contributed by atoms with E-state index in [1.807, 2.05) is 18.2 Å². The van der Waals surface area contributed by atoms with Gasteiger partial charge in [0.25, 0.3) is 0 Å². The number of hydrogen-bond donors (Lipinski definition) is 1. The summed E-state index contributed by atoms with van der Waals surface area (Å²) >= 11 is 1.64. The zero-order chi connectivity index (χ0) is 13.7. The molecule has 2 nitrogen and oxygen atoms in total. The molecule has 0 radical (unpaired) electrons. The van der Waals surface area contributed by atoms with Crippen LogP contribution in [0.2, 0.25) is 0 Å². The fourth-order valence-corrected chi connectivity index (χ4v) is 3.18. The van der Waals surface area contributed by atoms with Gasteiger partial charge in [-0.2, -0.15) is 0 Å². The quantitative estimate of drug-likeness (QED) is 0.859. The van der Waals surface area contributed by atoms with E-state index in [4.69, 9.17) is 0 Å². The van der Waals surface area contributed by atoms with Crippen LogP contribution in [0.15, 0.2) is 35.7 Å². The Morgan fingerprint density at radius 3 is 2.47 bits per heavy atom. The second-order valence-corrected chi connectivity index (χ2v) is 5.78. The zero-order valence-corrected chi connectivity index (χ0v) is 12.4. The van der Waals surface area contributed by atoms with Crippen LogP contribution < -0.4 is 0 Å². The largest absolute Gasteiger partial charge is 0.392 e. The molecule has 0 bridgehead atoms. The van der Waals surface area contributed by atoms with Gasteiger partial charge < -0.3 is 5.11 Å². The number of thiazole rings is 1. The molecule has 1 aromatic carbocycles. The van der Waals surface area contributed by atoms with Gasteiger partial charge in [0.15, 0.2) is 0 Å². The number of benzene rings is 1. The molecule has 3 heteroatoms. The Hall–Kier alpha value is -1.19. The first-order valence-electron chi connectivity index (χ1n) is 6.92. The molecular weight excluding hydrogens is 254 g/mol. The zero-order valence-electron chi connectivity index (χ0n) is 11.5. The summed E-state index contributed by atoms with van der Waals surface area (Å²) < 4.78 is 0. The molecule has 2 aromatic rings. The molecule has 0 saturated carbocycles. The Bertz CT molecular complexity index is 490. The normalized spacial score (nSPS) is 12.8. The molecule has 0 aliphatic rings. The fourth-order valence-electron chi connectivity index (χ4n) is 2.32. The Kier molecular flexibility index (Phi) is 5.11. The van der Waals surface area contributed by atoms with Crippen LogP contribution in [-0.4, -0.2) is 16.2 Å². The predicted molar refractivity (Wildman–Crippen MR) is 81.3 cm³/mol. The maximum Gasteiger partial charge on any atom is 0.0958 e. The van der Waals surface area contributed by atoms with E-state index in [1.165, 1.54) is 0 Å². The maximum atomic E-state index is 10.2. The number of aromatic nitrogens is 1. The van der Waals surface area contributed by atoms with Crippen LogP contribution in [0.5, 0.6) is 0 Å². The van der Waals surface area contributed by atoms with Gasteiger partial charge in [0.1, 0.15) is 0 Å². The lowest BCUT2D eigenvalue weighted by Gasteiger charge is -2.18. The molecule has 0 saturated heterocycles. The summed E-state index contributed by atoms with van der Waals surface area (Å²) in [5, 5.41) is 13.3. The van der Waals surface area contributed by atoms with Gasteiger partial charge >= 0.3 is 0 Å². The highest BCUT2D eigenvalue weighted by atomic mass is 32.1. The van der Waals surface area contributed by atoms with E-state index >= 15 is 0 Å². The van der Waals surface area contributed by atoms with Crippen molar-refractivity contribution in [1.29, 1.82) is 0 Å². The molecule has 1 N–H and O–H groups in total. The Labute approximate surface area is 119 Å². The lowest BCUT2D eigenvalue weighted by Crippen LogP contribution is -2.21. The fraction of sp³-hybridized carbons (Fsp3) is 0.438. The van der Waals surface area contributed by atoms with Crippen LogP contribution in [0.25, 0.3) is 11.3 Å². The molecule has 2 rings (SSSR count). The summed E-state index contributed by atoms with van der Waals surface area (Å²) in [5.41, 5.74) is 2.15. The average Bonchev–Trinajstić information content (AvgIpc) is 2.89. The Balaban J connectivity index is 2.06. The minimum Gasteiger partial charge on any atom is -0.392 e. The molecule has 1 aromatic heterocycles. The number of rotatable bonds is 6. The molecule has 0 aliphatic heterocycles. The highest BCUT2D eigenvalue weighted by Crippen LogP contribution is 2.24. The van der Waals surface area contributed by atoms with E-state index in [0.29, 0.717) is 12.3 Å². The molecule has 1 atom stereocenters. The van der Waals surface area contributed by atoms with Crippen LogP contribution in [0.1, 0.15) is 31.7 Å². The standard InChI is InChI=1S/C16H21NOS/c1-3-12(4-2)15(18)10-16-17-14(11-19-16)13-8-6-5-7-9-13/h5-9,11-12,15,18H,3-4,10H2,1-2H3. The average molecular weight is 275 g/mol. The smallest absolute Gasteiger partial charge is 0.0958 e. The van der Waals surface area contributed by atoms with Gasteiger partial charge in [0.2, 0.25) is 0 Å². The molecule has 0 aliphatic carbocycles. The summed E-state index contributed by atoms with van der Waals surface area (Å²) in [6.07, 6.45) is 2.44. The maximum absolute atomic E-state index is 10.2. The Morgan fingerprint density at radius 2 is 1.84 bits per heavy atom. The van der Waals surface area contributed by atoms with Gasteiger partial charge in [0.05, 0.1) is 16.8 Å². The van der Waals surface area contributed by atoms with E-state index in [0.717, 1.165) is 29.1 Å². The highest BCUT2D eigenvalue weighted by molar-refractivity contribution is 7.09. The van der Waals surface area contributed by atoms with Gasteiger partial charge in [-0.25, -0.2) is 4.98 Å². The number of aliphatic hydroxyl groups is 1. The van der Waals surface area contributed by atoms with Crippen molar-refractivity contribution in [2.24, 2.45) is 5.92 Å². The first-order valence-corrected chi connectivity index (χ1v) is 7.80. The SMILES string of the molecule is CCC(CC)C(O)Cc1nc(-c2ccccc2)cs1. The van der Waals surface area contributed by atoms with Crippen molar-refractivity contribution in [3.05, 3.63) is 40.7 Å². The second-order valence-electron chi connectivity index (χ2n) is 4.84. The molecule has 0 fully saturated rings. The molecule has 102 valence electrons. The summed E-state index contributed by atoms with van der Waals surface area (Å²) in [4.78, 5) is 4.63. The minimum atomic E-state index is -0.273. The third kappa shape index (κ3) is 3.64. The molecule has 0 amide bonds. The predicted octanol–water partition coefficient (Wildman–Crippen LogP) is 4.15. The van der Waals surface area contributed by atoms with Crippen LogP contribution >= 0.6 is 11.3 Å². The van der Waals surface area contributed by atoms with Crippen molar-refractivity contribution in [1.82, 2.24) is 4.98 Å². The summed E-state index contributed by atoms with van der Waals surface area (Å²) in [5.74, 6) is 0.379. The lowest BCUT2D eigenvalue weighted by atomic mass is 9.95. The van der Waals surface area contributed by atoms with E-state index in [9.17, 15) is 5.11 Å². The number of aliphatic hydroxyl groups excluding tert-OH is 1. The van der Waals surface area contributed by atoms with Crippen molar-refractivity contribution in [2.45, 2.75) is 39.2 Å². The first-order chi connectivity index (χ1) is 9.24. The molecule has 19 heavy (non-hydrogen) atoms. The topological polar surface area (TPSA) is 33.1 Å². The minimum absolute atomic E-state index is 0.273. The summed E-state index contributed by atoms with van der Waals surface area (Å²) in [7, 11) is 0.